The van der Waals surface area contributed by atoms with Gasteiger partial charge in [0, 0.05) is 13.1 Å². The Labute approximate surface area is 65.1 Å². The predicted octanol–water partition coefficient (Wildman–Crippen LogP) is 0.928. The van der Waals surface area contributed by atoms with Crippen molar-refractivity contribution < 1.29 is 4.74 Å². The number of likely N-dealkylation sites (N-methyl/N-ethyl adjacent to an activating group) is 1. The second kappa shape index (κ2) is 3.66. The average Bonchev–Trinajstić information content (AvgIpc) is 1.85. The lowest BCUT2D eigenvalue weighted by Gasteiger charge is -2.33. The highest BCUT2D eigenvalue weighted by Crippen LogP contribution is 2.15. The summed E-state index contributed by atoms with van der Waals surface area (Å²) in [4.78, 5) is 2.31. The lowest BCUT2D eigenvalue weighted by molar-refractivity contribution is -0.0389. The summed E-state index contributed by atoms with van der Waals surface area (Å²) in [5.74, 6) is 0.337. The van der Waals surface area contributed by atoms with Gasteiger partial charge in [-0.05, 0) is 13.5 Å². The summed E-state index contributed by atoms with van der Waals surface area (Å²) in [6.07, 6.45) is 1.57. The van der Waals surface area contributed by atoms with Gasteiger partial charge < -0.3 is 9.64 Å². The second-order valence-corrected chi connectivity index (χ2v) is 3.67. The fourth-order valence-electron chi connectivity index (χ4n) is 1.29. The van der Waals surface area contributed by atoms with E-state index in [4.69, 9.17) is 4.74 Å². The first-order chi connectivity index (χ1) is 4.72. The summed E-state index contributed by atoms with van der Waals surface area (Å²) in [7, 11) is 4.86. The van der Waals surface area contributed by atoms with Gasteiger partial charge in [-0.3, -0.25) is 0 Å². The Morgan fingerprint density at radius 1 is 1.60 bits per heavy atom. The minimum Gasteiger partial charge on any atom is -0.368 e. The highest BCUT2D eigenvalue weighted by molar-refractivity contribution is 7.17. The largest absolute Gasteiger partial charge is 0.368 e. The van der Waals surface area contributed by atoms with Crippen LogP contribution in [-0.4, -0.2) is 37.0 Å². The summed E-state index contributed by atoms with van der Waals surface area (Å²) in [6.45, 7) is 4.30. The highest BCUT2D eigenvalue weighted by atomic mass is 31.0. The lowest BCUT2D eigenvalue weighted by atomic mass is 10.2. The zero-order valence-electron chi connectivity index (χ0n) is 6.71. The van der Waals surface area contributed by atoms with Crippen LogP contribution >= 0.6 is 9.24 Å². The first kappa shape index (κ1) is 8.45. The van der Waals surface area contributed by atoms with E-state index in [1.165, 1.54) is 0 Å². The van der Waals surface area contributed by atoms with Crippen LogP contribution in [0.15, 0.2) is 0 Å². The molecule has 1 saturated heterocycles. The van der Waals surface area contributed by atoms with Crippen LogP contribution in [-0.2, 0) is 4.74 Å². The molecule has 0 aliphatic carbocycles. The molecule has 1 fully saturated rings. The molecule has 3 atom stereocenters. The van der Waals surface area contributed by atoms with E-state index in [1.807, 2.05) is 0 Å². The van der Waals surface area contributed by atoms with E-state index in [9.17, 15) is 0 Å². The van der Waals surface area contributed by atoms with Gasteiger partial charge in [-0.1, -0.05) is 6.92 Å². The van der Waals surface area contributed by atoms with Crippen LogP contribution in [0.5, 0.6) is 0 Å². The van der Waals surface area contributed by atoms with E-state index in [-0.39, 0.29) is 0 Å². The lowest BCUT2D eigenvalue weighted by Crippen LogP contribution is -2.42. The standard InChI is InChI=1S/C7H16NOP/c1-3-6-4-8(2)5-7(10)9-6/h6-7H,3-5,10H2,1-2H3/t6-,7?/m1/s1. The Hall–Kier alpha value is 0.350. The minimum absolute atomic E-state index is 0.337. The average molecular weight is 161 g/mol. The van der Waals surface area contributed by atoms with E-state index >= 15 is 0 Å². The van der Waals surface area contributed by atoms with Crippen molar-refractivity contribution in [2.45, 2.75) is 25.3 Å². The van der Waals surface area contributed by atoms with Crippen LogP contribution in [0.25, 0.3) is 0 Å². The van der Waals surface area contributed by atoms with E-state index in [0.717, 1.165) is 19.5 Å². The summed E-state index contributed by atoms with van der Waals surface area (Å²) < 4.78 is 5.63. The molecule has 0 bridgehead atoms. The predicted molar refractivity (Wildman–Crippen MR) is 46.2 cm³/mol. The summed E-state index contributed by atoms with van der Waals surface area (Å²) in [5, 5.41) is 0. The molecule has 0 aromatic heterocycles. The van der Waals surface area contributed by atoms with E-state index in [0.29, 0.717) is 11.9 Å². The maximum absolute atomic E-state index is 5.63. The van der Waals surface area contributed by atoms with Crippen molar-refractivity contribution in [2.24, 2.45) is 0 Å². The molecule has 60 valence electrons. The van der Waals surface area contributed by atoms with Crippen molar-refractivity contribution in [1.29, 1.82) is 0 Å². The summed E-state index contributed by atoms with van der Waals surface area (Å²) in [6, 6.07) is 0. The zero-order chi connectivity index (χ0) is 7.56. The highest BCUT2D eigenvalue weighted by Gasteiger charge is 2.20. The third-order valence-electron chi connectivity index (χ3n) is 1.83. The number of nitrogens with zero attached hydrogens (tertiary/aromatic N) is 1. The van der Waals surface area contributed by atoms with Gasteiger partial charge in [0.2, 0.25) is 0 Å². The Morgan fingerprint density at radius 3 is 2.80 bits per heavy atom. The molecular formula is C7H16NOP. The second-order valence-electron chi connectivity index (χ2n) is 2.93. The van der Waals surface area contributed by atoms with Gasteiger partial charge in [0.25, 0.3) is 0 Å². The zero-order valence-corrected chi connectivity index (χ0v) is 7.86. The first-order valence-electron chi connectivity index (χ1n) is 3.82. The third kappa shape index (κ3) is 2.19. The van der Waals surface area contributed by atoms with Crippen LogP contribution in [0.3, 0.4) is 0 Å². The first-order valence-corrected chi connectivity index (χ1v) is 4.48. The van der Waals surface area contributed by atoms with Crippen molar-refractivity contribution in [3.8, 4) is 0 Å². The van der Waals surface area contributed by atoms with E-state index in [2.05, 4.69) is 28.1 Å². The van der Waals surface area contributed by atoms with E-state index < -0.39 is 0 Å². The topological polar surface area (TPSA) is 12.5 Å². The molecule has 0 aromatic rings. The molecule has 2 nitrogen and oxygen atoms in total. The maximum atomic E-state index is 5.63. The smallest absolute Gasteiger partial charge is 0.0838 e. The van der Waals surface area contributed by atoms with Gasteiger partial charge in [0.15, 0.2) is 0 Å². The van der Waals surface area contributed by atoms with Crippen molar-refractivity contribution in [2.75, 3.05) is 20.1 Å². The van der Waals surface area contributed by atoms with Crippen LogP contribution < -0.4 is 0 Å². The Bertz CT molecular complexity index is 99.8. The molecule has 0 aromatic carbocycles. The fourth-order valence-corrected chi connectivity index (χ4v) is 1.87. The van der Waals surface area contributed by atoms with Crippen LogP contribution in [0.1, 0.15) is 13.3 Å². The Kier molecular flexibility index (Phi) is 3.09. The fraction of sp³-hybridized carbons (Fsp3) is 1.00. The molecule has 10 heavy (non-hydrogen) atoms. The third-order valence-corrected chi connectivity index (χ3v) is 2.20. The number of rotatable bonds is 1. The molecule has 2 unspecified atom stereocenters. The molecule has 1 heterocycles. The number of ether oxygens (including phenoxy) is 1. The van der Waals surface area contributed by atoms with Gasteiger partial charge in [-0.15, -0.1) is 9.24 Å². The Morgan fingerprint density at radius 2 is 2.30 bits per heavy atom. The monoisotopic (exact) mass is 161 g/mol. The van der Waals surface area contributed by atoms with Gasteiger partial charge in [0.1, 0.15) is 0 Å². The van der Waals surface area contributed by atoms with Crippen molar-refractivity contribution in [1.82, 2.24) is 4.90 Å². The molecule has 0 N–H and O–H groups in total. The molecule has 1 rings (SSSR count). The number of morpholine rings is 1. The van der Waals surface area contributed by atoms with Gasteiger partial charge >= 0.3 is 0 Å². The van der Waals surface area contributed by atoms with Crippen molar-refractivity contribution in [3.05, 3.63) is 0 Å². The van der Waals surface area contributed by atoms with Crippen molar-refractivity contribution >= 4 is 9.24 Å². The quantitative estimate of drug-likeness (QED) is 0.530. The van der Waals surface area contributed by atoms with Crippen molar-refractivity contribution in [3.63, 3.8) is 0 Å². The molecule has 0 saturated carbocycles. The SMILES string of the molecule is CC[C@@H]1CN(C)CC(P)O1. The number of hydrogen-bond acceptors (Lipinski definition) is 2. The number of hydrogen-bond donors (Lipinski definition) is 0. The van der Waals surface area contributed by atoms with E-state index in [1.54, 1.807) is 0 Å². The molecule has 0 spiro atoms. The molecule has 1 aliphatic rings. The molecule has 0 amide bonds. The summed E-state index contributed by atoms with van der Waals surface area (Å²) >= 11 is 0. The van der Waals surface area contributed by atoms with Gasteiger partial charge in [-0.2, -0.15) is 0 Å². The normalized spacial score (nSPS) is 36.3. The van der Waals surface area contributed by atoms with Gasteiger partial charge in [0.05, 0.1) is 11.9 Å². The molecule has 1 aliphatic heterocycles. The minimum atomic E-state index is 0.337. The summed E-state index contributed by atoms with van der Waals surface area (Å²) in [5.41, 5.74) is 0. The molecule has 0 radical (unpaired) electrons. The maximum Gasteiger partial charge on any atom is 0.0838 e. The molecular weight excluding hydrogens is 145 g/mol. The Balaban J connectivity index is 2.35. The molecule has 3 heteroatoms. The van der Waals surface area contributed by atoms with Crippen LogP contribution in [0.4, 0.5) is 0 Å². The van der Waals surface area contributed by atoms with Gasteiger partial charge in [-0.25, -0.2) is 0 Å². The van der Waals surface area contributed by atoms with Crippen LogP contribution in [0.2, 0.25) is 0 Å². The van der Waals surface area contributed by atoms with Crippen LogP contribution in [0, 0.1) is 0 Å².